The molecule has 7 nitrogen and oxygen atoms in total. The normalized spacial score (nSPS) is 22.6. The molecule has 8 heteroatoms. The van der Waals surface area contributed by atoms with E-state index < -0.39 is 0 Å². The van der Waals surface area contributed by atoms with E-state index in [1.165, 1.54) is 22.4 Å². The number of fused-ring (bicyclic) bond motifs is 1. The quantitative estimate of drug-likeness (QED) is 0.0744. The molecule has 0 aromatic heterocycles. The molecule has 0 amide bonds. The second-order valence-corrected chi connectivity index (χ2v) is 14.0. The first kappa shape index (κ1) is 31.5. The number of hydrogen-bond acceptors (Lipinski definition) is 7. The lowest BCUT2D eigenvalue weighted by molar-refractivity contribution is -0.0239. The van der Waals surface area contributed by atoms with E-state index >= 15 is 0 Å². The van der Waals surface area contributed by atoms with Crippen LogP contribution in [0, 0.1) is 10.8 Å². The second kappa shape index (κ2) is 13.5. The average Bonchev–Trinajstić information content (AvgIpc) is 3.71. The van der Waals surface area contributed by atoms with Gasteiger partial charge in [0.05, 0.1) is 30.5 Å². The van der Waals surface area contributed by atoms with Crippen molar-refractivity contribution in [1.82, 2.24) is 10.0 Å². The molecule has 2 aliphatic heterocycles. The van der Waals surface area contributed by atoms with Gasteiger partial charge >= 0.3 is 0 Å². The van der Waals surface area contributed by atoms with Gasteiger partial charge in [0.25, 0.3) is 0 Å². The van der Waals surface area contributed by atoms with Crippen LogP contribution in [0.3, 0.4) is 0 Å². The Morgan fingerprint density at radius 1 is 1.07 bits per heavy atom. The zero-order valence-electron chi connectivity index (χ0n) is 26.4. The number of nitrogens with one attached hydrogen (secondary N) is 3. The minimum Gasteiger partial charge on any atom is -0.396 e. The third-order valence-corrected chi connectivity index (χ3v) is 10.2. The number of nitrogens with two attached hydrogens (primary N) is 1. The Bertz CT molecular complexity index is 1600. The number of hydrogen-bond donors (Lipinski definition) is 5. The molecular weight excluding hydrogens is 579 g/mol. The SMILES string of the molecule is CCCc1ccccc1N=C(C)C(Cc1cccc(C(=N)N)c1)NSc1cccc(C(NCC23CC(CO)(CO2)C3)=C2CC2)c1. The third kappa shape index (κ3) is 7.36. The number of para-hydroxylation sites is 1. The van der Waals surface area contributed by atoms with Gasteiger partial charge in [0.2, 0.25) is 0 Å². The molecule has 3 aromatic rings. The highest BCUT2D eigenvalue weighted by Crippen LogP contribution is 2.57. The topological polar surface area (TPSA) is 116 Å². The molecule has 2 bridgehead atoms. The molecule has 6 N–H and O–H groups in total. The van der Waals surface area contributed by atoms with Gasteiger partial charge in [-0.25, -0.2) is 0 Å². The maximum Gasteiger partial charge on any atom is 0.122 e. The molecule has 2 heterocycles. The number of ether oxygens (including phenoxy) is 1. The minimum atomic E-state index is -0.142. The average molecular weight is 624 g/mol. The van der Waals surface area contributed by atoms with Gasteiger partial charge in [0.15, 0.2) is 0 Å². The van der Waals surface area contributed by atoms with E-state index in [0.29, 0.717) is 13.0 Å². The highest BCUT2D eigenvalue weighted by atomic mass is 32.2. The number of aryl methyl sites for hydroxylation is 1. The van der Waals surface area contributed by atoms with Crippen molar-refractivity contribution in [2.75, 3.05) is 19.8 Å². The maximum atomic E-state index is 9.77. The van der Waals surface area contributed by atoms with Crippen LogP contribution in [0.1, 0.15) is 68.2 Å². The Kier molecular flexibility index (Phi) is 9.47. The lowest BCUT2D eigenvalue weighted by Gasteiger charge is -2.43. The van der Waals surface area contributed by atoms with Crippen molar-refractivity contribution in [3.05, 3.63) is 101 Å². The van der Waals surface area contributed by atoms with E-state index in [-0.39, 0.29) is 29.5 Å². The number of rotatable bonds is 15. The van der Waals surface area contributed by atoms with Gasteiger partial charge in [-0.3, -0.25) is 15.1 Å². The van der Waals surface area contributed by atoms with Crippen LogP contribution in [-0.4, -0.2) is 48.1 Å². The molecule has 3 aromatic carbocycles. The second-order valence-electron chi connectivity index (χ2n) is 13.1. The van der Waals surface area contributed by atoms with Crippen LogP contribution in [0.2, 0.25) is 0 Å². The van der Waals surface area contributed by atoms with E-state index in [2.05, 4.69) is 78.5 Å². The number of nitrogens with zero attached hydrogens (tertiary/aromatic N) is 1. The predicted molar refractivity (Wildman–Crippen MR) is 185 cm³/mol. The van der Waals surface area contributed by atoms with Gasteiger partial charge in [0, 0.05) is 33.8 Å². The molecule has 1 unspecified atom stereocenters. The minimum absolute atomic E-state index is 0.0137. The zero-order chi connectivity index (χ0) is 31.4. The van der Waals surface area contributed by atoms with Gasteiger partial charge in [-0.2, -0.15) is 0 Å². The summed E-state index contributed by atoms with van der Waals surface area (Å²) >= 11 is 1.63. The Morgan fingerprint density at radius 3 is 2.58 bits per heavy atom. The summed E-state index contributed by atoms with van der Waals surface area (Å²) in [6, 6.07) is 25.0. The summed E-state index contributed by atoms with van der Waals surface area (Å²) < 4.78 is 9.89. The zero-order valence-corrected chi connectivity index (χ0v) is 27.2. The molecule has 1 atom stereocenters. The van der Waals surface area contributed by atoms with Crippen LogP contribution in [0.25, 0.3) is 5.70 Å². The van der Waals surface area contributed by atoms with Crippen LogP contribution < -0.4 is 15.8 Å². The monoisotopic (exact) mass is 623 g/mol. The van der Waals surface area contributed by atoms with Gasteiger partial charge in [-0.1, -0.05) is 61.9 Å². The van der Waals surface area contributed by atoms with Crippen molar-refractivity contribution in [3.63, 3.8) is 0 Å². The number of allylic oxidation sites excluding steroid dienone is 1. The lowest BCUT2D eigenvalue weighted by Crippen LogP contribution is -2.51. The molecule has 0 radical (unpaired) electrons. The molecular formula is C37H45N5O2S. The summed E-state index contributed by atoms with van der Waals surface area (Å²) in [7, 11) is 0. The molecule has 2 saturated carbocycles. The van der Waals surface area contributed by atoms with E-state index in [0.717, 1.165) is 72.5 Å². The molecule has 4 aliphatic rings. The largest absolute Gasteiger partial charge is 0.396 e. The molecule has 236 valence electrons. The van der Waals surface area contributed by atoms with Crippen molar-refractivity contribution in [3.8, 4) is 0 Å². The standard InChI is InChI=1S/C37H45N5O2S/c1-3-8-27-10-4-5-14-32(27)41-25(2)33(18-26-9-6-12-30(17-26)35(38)39)42-45-31-13-7-11-29(19-31)34(28-15-16-28)40-22-37-20-36(21-37,23-43)24-44-37/h4-7,9-14,17,19,33,40,42-43H,3,8,15-16,18,20-24H2,1-2H3,(H3,38,39). The Morgan fingerprint density at radius 2 is 1.84 bits per heavy atom. The van der Waals surface area contributed by atoms with Crippen LogP contribution in [0.5, 0.6) is 0 Å². The van der Waals surface area contributed by atoms with Crippen molar-refractivity contribution in [1.29, 1.82) is 5.41 Å². The number of nitrogen functional groups attached to an aromatic ring is 1. The number of aliphatic imine (C=N–C) groups is 1. The maximum absolute atomic E-state index is 9.77. The van der Waals surface area contributed by atoms with Crippen LogP contribution in [0.4, 0.5) is 5.69 Å². The number of amidine groups is 1. The Balaban J connectivity index is 1.19. The Labute approximate surface area is 271 Å². The van der Waals surface area contributed by atoms with E-state index in [1.54, 1.807) is 11.9 Å². The van der Waals surface area contributed by atoms with Crippen molar-refractivity contribution in [2.45, 2.75) is 75.3 Å². The number of aliphatic hydroxyl groups excluding tert-OH is 1. The molecule has 2 aliphatic carbocycles. The molecule has 45 heavy (non-hydrogen) atoms. The van der Waals surface area contributed by atoms with Crippen molar-refractivity contribution in [2.24, 2.45) is 16.1 Å². The fourth-order valence-corrected chi connectivity index (χ4v) is 7.62. The van der Waals surface area contributed by atoms with Gasteiger partial charge in [-0.15, -0.1) is 0 Å². The van der Waals surface area contributed by atoms with Crippen LogP contribution in [-0.2, 0) is 17.6 Å². The van der Waals surface area contributed by atoms with E-state index in [4.69, 9.17) is 20.9 Å². The van der Waals surface area contributed by atoms with E-state index in [1.807, 2.05) is 18.2 Å². The molecule has 4 fully saturated rings. The van der Waals surface area contributed by atoms with Crippen molar-refractivity contribution >= 4 is 34.9 Å². The molecule has 2 saturated heterocycles. The third-order valence-electron chi connectivity index (χ3n) is 9.29. The Hall–Kier alpha value is -3.43. The van der Waals surface area contributed by atoms with E-state index in [9.17, 15) is 5.11 Å². The van der Waals surface area contributed by atoms with Gasteiger partial charge < -0.3 is 20.9 Å². The highest BCUT2D eigenvalue weighted by Gasteiger charge is 2.61. The summed E-state index contributed by atoms with van der Waals surface area (Å²) in [6.07, 6.45) is 6.91. The fourth-order valence-electron chi connectivity index (χ4n) is 6.75. The van der Waals surface area contributed by atoms with Crippen LogP contribution >= 0.6 is 11.9 Å². The lowest BCUT2D eigenvalue weighted by atomic mass is 9.63. The summed E-state index contributed by atoms with van der Waals surface area (Å²) in [5.74, 6) is 0.0738. The summed E-state index contributed by atoms with van der Waals surface area (Å²) in [6.45, 7) is 5.96. The highest BCUT2D eigenvalue weighted by molar-refractivity contribution is 7.97. The first-order valence-electron chi connectivity index (χ1n) is 16.1. The first-order chi connectivity index (χ1) is 21.8. The number of aliphatic hydroxyl groups is 1. The van der Waals surface area contributed by atoms with Crippen molar-refractivity contribution < 1.29 is 9.84 Å². The van der Waals surface area contributed by atoms with Crippen LogP contribution in [0.15, 0.2) is 88.3 Å². The molecule has 7 rings (SSSR count). The van der Waals surface area contributed by atoms with Gasteiger partial charge in [-0.05, 0) is 104 Å². The van der Waals surface area contributed by atoms with Gasteiger partial charge in [0.1, 0.15) is 5.84 Å². The summed E-state index contributed by atoms with van der Waals surface area (Å²) in [5.41, 5.74) is 14.7. The molecule has 0 spiro atoms. The fraction of sp³-hybridized carbons (Fsp3) is 0.405. The smallest absolute Gasteiger partial charge is 0.122 e. The summed E-state index contributed by atoms with van der Waals surface area (Å²) in [5, 5.41) is 21.4. The first-order valence-corrected chi connectivity index (χ1v) is 16.9. The predicted octanol–water partition coefficient (Wildman–Crippen LogP) is 6.56. The number of benzene rings is 3. The summed E-state index contributed by atoms with van der Waals surface area (Å²) in [4.78, 5) is 6.27.